The monoisotopic (exact) mass is 326 g/mol. The molecule has 0 aliphatic carbocycles. The third-order valence-electron chi connectivity index (χ3n) is 3.51. The van der Waals surface area contributed by atoms with Crippen LogP contribution in [-0.2, 0) is 4.79 Å². The lowest BCUT2D eigenvalue weighted by atomic mass is 10.1. The molecule has 126 valence electrons. The van der Waals surface area contributed by atoms with Crippen LogP contribution in [0.15, 0.2) is 42.5 Å². The Morgan fingerprint density at radius 1 is 1.08 bits per heavy atom. The number of amides is 2. The van der Waals surface area contributed by atoms with Gasteiger partial charge in [-0.25, -0.2) is 0 Å². The van der Waals surface area contributed by atoms with Crippen LogP contribution in [-0.4, -0.2) is 25.0 Å². The smallest absolute Gasteiger partial charge is 0.255 e. The fourth-order valence-corrected chi connectivity index (χ4v) is 2.26. The van der Waals surface area contributed by atoms with E-state index in [4.69, 9.17) is 4.74 Å². The molecule has 2 N–H and O–H groups in total. The molecule has 0 unspecified atom stereocenters. The van der Waals surface area contributed by atoms with Gasteiger partial charge in [-0.3, -0.25) is 9.59 Å². The molecular formula is C19H22N2O3. The highest BCUT2D eigenvalue weighted by Crippen LogP contribution is 2.18. The number of rotatable bonds is 6. The van der Waals surface area contributed by atoms with E-state index < -0.39 is 0 Å². The van der Waals surface area contributed by atoms with Crippen molar-refractivity contribution in [3.63, 3.8) is 0 Å². The van der Waals surface area contributed by atoms with Gasteiger partial charge in [-0.1, -0.05) is 24.3 Å². The van der Waals surface area contributed by atoms with Gasteiger partial charge in [0.15, 0.2) is 0 Å². The Hall–Kier alpha value is -2.82. The summed E-state index contributed by atoms with van der Waals surface area (Å²) in [6.07, 6.45) is 0. The average Bonchev–Trinajstić information content (AvgIpc) is 2.57. The van der Waals surface area contributed by atoms with E-state index in [-0.39, 0.29) is 18.4 Å². The number of anilines is 1. The molecule has 0 spiro atoms. The standard InChI is InChI=1S/C19H22N2O3/c1-4-24-17-8-6-5-7-15(17)19(23)20-12-18(22)21-16-11-13(2)9-10-14(16)3/h5-11H,4,12H2,1-3H3,(H,20,23)(H,21,22). The molecular weight excluding hydrogens is 304 g/mol. The predicted octanol–water partition coefficient (Wildman–Crippen LogP) is 3.07. The molecule has 0 radical (unpaired) electrons. The fraction of sp³-hybridized carbons (Fsp3) is 0.263. The molecule has 2 rings (SSSR count). The Labute approximate surface area is 142 Å². The molecule has 0 aromatic heterocycles. The van der Waals surface area contributed by atoms with Crippen molar-refractivity contribution in [2.24, 2.45) is 0 Å². The quantitative estimate of drug-likeness (QED) is 0.857. The van der Waals surface area contributed by atoms with Crippen LogP contribution in [0.1, 0.15) is 28.4 Å². The summed E-state index contributed by atoms with van der Waals surface area (Å²) in [5, 5.41) is 5.43. The van der Waals surface area contributed by atoms with Crippen LogP contribution < -0.4 is 15.4 Å². The van der Waals surface area contributed by atoms with Crippen molar-refractivity contribution in [1.29, 1.82) is 0 Å². The van der Waals surface area contributed by atoms with Crippen LogP contribution in [0, 0.1) is 13.8 Å². The van der Waals surface area contributed by atoms with Crippen LogP contribution >= 0.6 is 0 Å². The average molecular weight is 326 g/mol. The van der Waals surface area contributed by atoms with Gasteiger partial charge >= 0.3 is 0 Å². The van der Waals surface area contributed by atoms with Crippen molar-refractivity contribution in [3.8, 4) is 5.75 Å². The molecule has 2 aromatic carbocycles. The minimum absolute atomic E-state index is 0.104. The van der Waals surface area contributed by atoms with E-state index in [2.05, 4.69) is 10.6 Å². The number of carbonyl (C=O) groups is 2. The van der Waals surface area contributed by atoms with Crippen LogP contribution in [0.25, 0.3) is 0 Å². The van der Waals surface area contributed by atoms with Crippen LogP contribution in [0.5, 0.6) is 5.75 Å². The maximum absolute atomic E-state index is 12.2. The van der Waals surface area contributed by atoms with Gasteiger partial charge in [0.2, 0.25) is 5.91 Å². The summed E-state index contributed by atoms with van der Waals surface area (Å²) in [5.74, 6) is -0.103. The highest BCUT2D eigenvalue weighted by Gasteiger charge is 2.13. The zero-order valence-electron chi connectivity index (χ0n) is 14.2. The lowest BCUT2D eigenvalue weighted by molar-refractivity contribution is -0.115. The lowest BCUT2D eigenvalue weighted by Crippen LogP contribution is -2.33. The topological polar surface area (TPSA) is 67.4 Å². The summed E-state index contributed by atoms with van der Waals surface area (Å²) >= 11 is 0. The Bertz CT molecular complexity index is 741. The second-order valence-electron chi connectivity index (χ2n) is 5.48. The summed E-state index contributed by atoms with van der Waals surface area (Å²) in [5.41, 5.74) is 3.20. The molecule has 5 nitrogen and oxygen atoms in total. The third kappa shape index (κ3) is 4.59. The summed E-state index contributed by atoms with van der Waals surface area (Å²) in [7, 11) is 0. The molecule has 5 heteroatoms. The summed E-state index contributed by atoms with van der Waals surface area (Å²) in [6.45, 7) is 6.10. The molecule has 0 atom stereocenters. The van der Waals surface area contributed by atoms with Gasteiger partial charge in [0.05, 0.1) is 18.7 Å². The molecule has 0 saturated heterocycles. The maximum Gasteiger partial charge on any atom is 0.255 e. The summed E-state index contributed by atoms with van der Waals surface area (Å²) in [4.78, 5) is 24.3. The largest absolute Gasteiger partial charge is 0.493 e. The predicted molar refractivity (Wildman–Crippen MR) is 94.5 cm³/mol. The van der Waals surface area contributed by atoms with Crippen LogP contribution in [0.3, 0.4) is 0 Å². The van der Waals surface area contributed by atoms with Crippen molar-refractivity contribution in [2.45, 2.75) is 20.8 Å². The summed E-state index contributed by atoms with van der Waals surface area (Å²) in [6, 6.07) is 12.8. The van der Waals surface area contributed by atoms with Gasteiger partial charge in [-0.05, 0) is 50.1 Å². The van der Waals surface area contributed by atoms with Gasteiger partial charge in [0.1, 0.15) is 5.75 Å². The highest BCUT2D eigenvalue weighted by molar-refractivity contribution is 6.01. The molecule has 0 fully saturated rings. The first-order valence-corrected chi connectivity index (χ1v) is 7.88. The van der Waals surface area contributed by atoms with E-state index >= 15 is 0 Å². The molecule has 0 saturated carbocycles. The first kappa shape index (κ1) is 17.5. The second-order valence-corrected chi connectivity index (χ2v) is 5.48. The van der Waals surface area contributed by atoms with E-state index in [1.54, 1.807) is 24.3 Å². The normalized spacial score (nSPS) is 10.1. The first-order valence-electron chi connectivity index (χ1n) is 7.88. The molecule has 0 bridgehead atoms. The minimum atomic E-state index is -0.338. The Kier molecular flexibility index (Phi) is 5.95. The number of benzene rings is 2. The number of nitrogens with one attached hydrogen (secondary N) is 2. The SMILES string of the molecule is CCOc1ccccc1C(=O)NCC(=O)Nc1cc(C)ccc1C. The number of para-hydroxylation sites is 1. The zero-order chi connectivity index (χ0) is 17.5. The van der Waals surface area contributed by atoms with Gasteiger partial charge in [-0.15, -0.1) is 0 Å². The number of aryl methyl sites for hydroxylation is 2. The minimum Gasteiger partial charge on any atom is -0.493 e. The Morgan fingerprint density at radius 2 is 1.83 bits per heavy atom. The number of hydrogen-bond acceptors (Lipinski definition) is 3. The van der Waals surface area contributed by atoms with Crippen molar-refractivity contribution in [2.75, 3.05) is 18.5 Å². The second kappa shape index (κ2) is 8.15. The number of ether oxygens (including phenoxy) is 1. The van der Waals surface area contributed by atoms with Crippen molar-refractivity contribution < 1.29 is 14.3 Å². The van der Waals surface area contributed by atoms with E-state index in [9.17, 15) is 9.59 Å². The Morgan fingerprint density at radius 3 is 2.58 bits per heavy atom. The molecule has 0 aliphatic heterocycles. The molecule has 0 aliphatic rings. The Balaban J connectivity index is 1.96. The van der Waals surface area contributed by atoms with E-state index in [0.29, 0.717) is 17.9 Å². The van der Waals surface area contributed by atoms with Crippen LogP contribution in [0.2, 0.25) is 0 Å². The number of hydrogen-bond donors (Lipinski definition) is 2. The van der Waals surface area contributed by atoms with Crippen LogP contribution in [0.4, 0.5) is 5.69 Å². The molecule has 24 heavy (non-hydrogen) atoms. The molecule has 0 heterocycles. The first-order chi connectivity index (χ1) is 11.5. The highest BCUT2D eigenvalue weighted by atomic mass is 16.5. The van der Waals surface area contributed by atoms with Gasteiger partial charge in [0.25, 0.3) is 5.91 Å². The van der Waals surface area contributed by atoms with Crippen molar-refractivity contribution in [3.05, 3.63) is 59.2 Å². The van der Waals surface area contributed by atoms with Crippen molar-refractivity contribution >= 4 is 17.5 Å². The lowest BCUT2D eigenvalue weighted by Gasteiger charge is -2.12. The third-order valence-corrected chi connectivity index (χ3v) is 3.51. The molecule has 2 amide bonds. The van der Waals surface area contributed by atoms with Gasteiger partial charge in [-0.2, -0.15) is 0 Å². The fourth-order valence-electron chi connectivity index (χ4n) is 2.26. The molecule has 2 aromatic rings. The van der Waals surface area contributed by atoms with E-state index in [0.717, 1.165) is 16.8 Å². The zero-order valence-corrected chi connectivity index (χ0v) is 14.2. The van der Waals surface area contributed by atoms with Crippen molar-refractivity contribution in [1.82, 2.24) is 5.32 Å². The van der Waals surface area contributed by atoms with Gasteiger partial charge < -0.3 is 15.4 Å². The summed E-state index contributed by atoms with van der Waals surface area (Å²) < 4.78 is 5.43. The maximum atomic E-state index is 12.2. The number of carbonyl (C=O) groups excluding carboxylic acids is 2. The van der Waals surface area contributed by atoms with Gasteiger partial charge in [0, 0.05) is 5.69 Å². The van der Waals surface area contributed by atoms with E-state index in [1.165, 1.54) is 0 Å². The van der Waals surface area contributed by atoms with E-state index in [1.807, 2.05) is 39.0 Å².